The van der Waals surface area contributed by atoms with Gasteiger partial charge in [0.25, 0.3) is 0 Å². The van der Waals surface area contributed by atoms with Gasteiger partial charge in [-0.3, -0.25) is 9.98 Å². The third kappa shape index (κ3) is 34.8. The van der Waals surface area contributed by atoms with Gasteiger partial charge in [-0.15, -0.1) is 20.5 Å². The van der Waals surface area contributed by atoms with Crippen molar-refractivity contribution in [2.45, 2.75) is 65.5 Å². The fraction of sp³-hybridized carbons (Fsp3) is 0.875. The van der Waals surface area contributed by atoms with Crippen LogP contribution >= 0.6 is 0 Å². The Kier molecular flexibility index (Phi) is 18.2. The molecule has 1 rings (SSSR count). The third-order valence-corrected chi connectivity index (χ3v) is 3.59. The summed E-state index contributed by atoms with van der Waals surface area (Å²) >= 11 is 0. The Hall–Kier alpha value is 0.0395. The van der Waals surface area contributed by atoms with Crippen LogP contribution in [0.4, 0.5) is 0 Å². The van der Waals surface area contributed by atoms with E-state index < -0.39 is 20.5 Å². The van der Waals surface area contributed by atoms with E-state index in [1.165, 1.54) is 11.4 Å². The molecule has 0 fully saturated rings. The monoisotopic (exact) mass is 541 g/mol. The topological polar surface area (TPSA) is 233 Å². The summed E-state index contributed by atoms with van der Waals surface area (Å²) in [4.78, 5) is 9.35. The summed E-state index contributed by atoms with van der Waals surface area (Å²) in [6.07, 6.45) is 1.97. The summed E-state index contributed by atoms with van der Waals surface area (Å²) < 4.78 is 67.9. The SMILES string of the molecule is CC1=NCCNC(C)(C)CC(C)=NCCNC(C)(C)C1.[Cu+2].[O-][Cl+3]([O-])([O-])[O-].[O-][Cl+3]([O-])([O-])[O-]. The van der Waals surface area contributed by atoms with Gasteiger partial charge >= 0.3 is 17.1 Å². The molecule has 12 nitrogen and oxygen atoms in total. The smallest absolute Gasteiger partial charge is 0.310 e. The molecule has 0 aromatic heterocycles. The van der Waals surface area contributed by atoms with E-state index in [-0.39, 0.29) is 28.1 Å². The molecule has 0 aromatic rings. The van der Waals surface area contributed by atoms with Crippen LogP contribution in [0.15, 0.2) is 9.98 Å². The molecule has 1 radical (unpaired) electrons. The van der Waals surface area contributed by atoms with Crippen molar-refractivity contribution in [1.29, 1.82) is 0 Å². The summed E-state index contributed by atoms with van der Waals surface area (Å²) in [5, 5.41) is 7.16. The molecule has 1 heterocycles. The van der Waals surface area contributed by atoms with Crippen LogP contribution in [0.5, 0.6) is 0 Å². The zero-order valence-electron chi connectivity index (χ0n) is 18.5. The molecule has 1 aliphatic rings. The minimum absolute atomic E-state index is 0. The van der Waals surface area contributed by atoms with Crippen molar-refractivity contribution in [3.8, 4) is 0 Å². The molecule has 0 amide bonds. The largest absolute Gasteiger partial charge is 2.00 e. The van der Waals surface area contributed by atoms with Crippen molar-refractivity contribution in [2.24, 2.45) is 9.98 Å². The molecule has 0 atom stereocenters. The summed E-state index contributed by atoms with van der Waals surface area (Å²) in [5.41, 5.74) is 2.62. The van der Waals surface area contributed by atoms with Crippen molar-refractivity contribution in [2.75, 3.05) is 26.2 Å². The van der Waals surface area contributed by atoms with Gasteiger partial charge in [-0.25, -0.2) is 37.3 Å². The van der Waals surface area contributed by atoms with Crippen molar-refractivity contribution in [3.05, 3.63) is 0 Å². The molecule has 0 saturated heterocycles. The van der Waals surface area contributed by atoms with Gasteiger partial charge in [-0.05, 0) is 41.5 Å². The summed E-state index contributed by atoms with van der Waals surface area (Å²) in [6, 6.07) is 0. The van der Waals surface area contributed by atoms with Crippen LogP contribution in [0, 0.1) is 20.5 Å². The molecule has 0 bridgehead atoms. The van der Waals surface area contributed by atoms with Gasteiger partial charge in [0.2, 0.25) is 0 Å². The van der Waals surface area contributed by atoms with Gasteiger partial charge in [0.1, 0.15) is 0 Å². The number of nitrogens with zero attached hydrogens (tertiary/aromatic N) is 2. The van der Waals surface area contributed by atoms with E-state index in [0.29, 0.717) is 0 Å². The van der Waals surface area contributed by atoms with Crippen LogP contribution in [0.2, 0.25) is 0 Å². The quantitative estimate of drug-likeness (QED) is 0.274. The van der Waals surface area contributed by atoms with E-state index in [2.05, 4.69) is 62.2 Å². The zero-order valence-corrected chi connectivity index (χ0v) is 20.9. The molecule has 31 heavy (non-hydrogen) atoms. The third-order valence-electron chi connectivity index (χ3n) is 3.59. The Morgan fingerprint density at radius 2 is 0.871 bits per heavy atom. The normalized spacial score (nSPS) is 20.2. The Bertz CT molecular complexity index is 493. The maximum absolute atomic E-state index is 8.49. The zero-order chi connectivity index (χ0) is 24.2. The fourth-order valence-electron chi connectivity index (χ4n) is 2.80. The first-order chi connectivity index (χ1) is 13.2. The Morgan fingerprint density at radius 1 is 0.645 bits per heavy atom. The molecule has 1 aliphatic heterocycles. The van der Waals surface area contributed by atoms with E-state index in [4.69, 9.17) is 37.3 Å². The van der Waals surface area contributed by atoms with Gasteiger partial charge in [-0.1, -0.05) is 0 Å². The van der Waals surface area contributed by atoms with E-state index in [1.54, 1.807) is 0 Å². The van der Waals surface area contributed by atoms with Crippen LogP contribution in [-0.4, -0.2) is 48.7 Å². The number of rotatable bonds is 0. The maximum atomic E-state index is 8.49. The Labute approximate surface area is 198 Å². The van der Waals surface area contributed by atoms with Crippen LogP contribution < -0.4 is 47.9 Å². The van der Waals surface area contributed by atoms with Gasteiger partial charge < -0.3 is 10.6 Å². The first-order valence-electron chi connectivity index (χ1n) is 8.94. The molecule has 0 aromatic carbocycles. The van der Waals surface area contributed by atoms with Gasteiger partial charge in [0, 0.05) is 48.4 Å². The van der Waals surface area contributed by atoms with Crippen molar-refractivity contribution < 1.29 is 74.8 Å². The number of hydrogen-bond acceptors (Lipinski definition) is 12. The summed E-state index contributed by atoms with van der Waals surface area (Å²) in [7, 11) is -9.89. The number of halogens is 2. The molecular weight excluding hydrogens is 511 g/mol. The predicted molar refractivity (Wildman–Crippen MR) is 89.3 cm³/mol. The standard InChI is InChI=1S/C16H32N4.2ClHO4.Cu/c1-13-11-15(3,4)19-10-8-18-14(2)12-16(5,6)20-9-7-17-13;2*2-1(3,4)5;/h19-20H,7-12H2,1-6H3;2*(H,2,3,4,5);/q;;;+2/p-2. The molecule has 0 aliphatic carbocycles. The first-order valence-corrected chi connectivity index (χ1v) is 11.4. The van der Waals surface area contributed by atoms with Crippen LogP contribution in [0.25, 0.3) is 0 Å². The summed E-state index contributed by atoms with van der Waals surface area (Å²) in [5.74, 6) is 0. The molecular formula is C16H32Cl2CuN4O8. The molecule has 2 N–H and O–H groups in total. The molecule has 0 saturated carbocycles. The van der Waals surface area contributed by atoms with Gasteiger partial charge in [-0.2, -0.15) is 0 Å². The van der Waals surface area contributed by atoms with Gasteiger partial charge in [0.15, 0.2) is 0 Å². The van der Waals surface area contributed by atoms with Crippen molar-refractivity contribution in [1.82, 2.24) is 10.6 Å². The van der Waals surface area contributed by atoms with Crippen molar-refractivity contribution >= 4 is 11.4 Å². The molecule has 0 spiro atoms. The minimum Gasteiger partial charge on any atom is -0.310 e. The maximum Gasteiger partial charge on any atom is 2.00 e. The number of aliphatic imine (C=N–C) groups is 2. The minimum atomic E-state index is -4.94. The van der Waals surface area contributed by atoms with E-state index >= 15 is 0 Å². The van der Waals surface area contributed by atoms with Crippen LogP contribution in [0.1, 0.15) is 54.4 Å². The number of nitrogens with one attached hydrogen (secondary N) is 2. The second kappa shape index (κ2) is 15.8. The van der Waals surface area contributed by atoms with Crippen LogP contribution in [-0.2, 0) is 17.1 Å². The van der Waals surface area contributed by atoms with E-state index in [0.717, 1.165) is 39.0 Å². The predicted octanol–water partition coefficient (Wildman–Crippen LogP) is -7.08. The average molecular weight is 543 g/mol. The molecule has 189 valence electrons. The Morgan fingerprint density at radius 3 is 1.10 bits per heavy atom. The van der Waals surface area contributed by atoms with E-state index in [1.807, 2.05) is 0 Å². The second-order valence-electron chi connectivity index (χ2n) is 7.96. The fourth-order valence-corrected chi connectivity index (χ4v) is 2.80. The molecule has 15 heteroatoms. The Balaban J connectivity index is -0.000000595. The number of hydrogen-bond donors (Lipinski definition) is 2. The molecule has 0 unspecified atom stereocenters. The first kappa shape index (κ1) is 35.6. The van der Waals surface area contributed by atoms with Crippen molar-refractivity contribution in [3.63, 3.8) is 0 Å². The van der Waals surface area contributed by atoms with Crippen LogP contribution in [0.3, 0.4) is 0 Å². The average Bonchev–Trinajstić information content (AvgIpc) is 2.43. The van der Waals surface area contributed by atoms with E-state index in [9.17, 15) is 0 Å². The van der Waals surface area contributed by atoms with Gasteiger partial charge in [0.05, 0.1) is 13.1 Å². The second-order valence-corrected chi connectivity index (χ2v) is 9.48. The summed E-state index contributed by atoms with van der Waals surface area (Å²) in [6.45, 7) is 16.7.